The minimum atomic E-state index is -3.65. The van der Waals surface area contributed by atoms with Gasteiger partial charge in [-0.25, -0.2) is 12.8 Å². The van der Waals surface area contributed by atoms with Gasteiger partial charge in [0.25, 0.3) is 5.91 Å². The van der Waals surface area contributed by atoms with Gasteiger partial charge >= 0.3 is 0 Å². The summed E-state index contributed by atoms with van der Waals surface area (Å²) in [5, 5.41) is 2.63. The standard InChI is InChI=1S/C20H22ClFN2O3S/c1-14-6-8-16(23-20(25)17-9-7-15(22)12-18(17)21)13-19(14)28(26,27)24-10-4-2-3-5-11-24/h6-9,12-13H,2-5,10-11H2,1H3,(H,23,25). The quantitative estimate of drug-likeness (QED) is 0.779. The molecule has 2 aromatic rings. The molecule has 8 heteroatoms. The molecule has 0 atom stereocenters. The Morgan fingerprint density at radius 3 is 2.39 bits per heavy atom. The summed E-state index contributed by atoms with van der Waals surface area (Å²) in [4.78, 5) is 12.6. The highest BCUT2D eigenvalue weighted by Crippen LogP contribution is 2.26. The van der Waals surface area contributed by atoms with Gasteiger partial charge in [0.05, 0.1) is 15.5 Å². The Morgan fingerprint density at radius 2 is 1.75 bits per heavy atom. The van der Waals surface area contributed by atoms with Crippen molar-refractivity contribution in [2.75, 3.05) is 18.4 Å². The van der Waals surface area contributed by atoms with Gasteiger partial charge < -0.3 is 5.32 Å². The highest BCUT2D eigenvalue weighted by molar-refractivity contribution is 7.89. The lowest BCUT2D eigenvalue weighted by molar-refractivity contribution is 0.102. The third kappa shape index (κ3) is 4.54. The number of halogens is 2. The van der Waals surface area contributed by atoms with Gasteiger partial charge in [0.1, 0.15) is 5.82 Å². The Hall–Kier alpha value is -1.96. The van der Waals surface area contributed by atoms with Crippen LogP contribution in [-0.4, -0.2) is 31.7 Å². The fourth-order valence-corrected chi connectivity index (χ4v) is 5.27. The van der Waals surface area contributed by atoms with Gasteiger partial charge in [-0.15, -0.1) is 0 Å². The highest BCUT2D eigenvalue weighted by Gasteiger charge is 2.27. The van der Waals surface area contributed by atoms with Crippen molar-refractivity contribution in [1.29, 1.82) is 0 Å². The first kappa shape index (κ1) is 20.8. The fraction of sp³-hybridized carbons (Fsp3) is 0.350. The Kier molecular flexibility index (Phi) is 6.37. The number of sulfonamides is 1. The molecule has 0 aliphatic carbocycles. The van der Waals surface area contributed by atoms with E-state index in [2.05, 4.69) is 5.32 Å². The van der Waals surface area contributed by atoms with Crippen molar-refractivity contribution >= 4 is 33.2 Å². The van der Waals surface area contributed by atoms with E-state index < -0.39 is 21.7 Å². The van der Waals surface area contributed by atoms with Crippen molar-refractivity contribution in [3.05, 3.63) is 58.4 Å². The van der Waals surface area contributed by atoms with Crippen LogP contribution in [0, 0.1) is 12.7 Å². The van der Waals surface area contributed by atoms with Gasteiger partial charge in [0, 0.05) is 18.8 Å². The summed E-state index contributed by atoms with van der Waals surface area (Å²) >= 11 is 5.93. The van der Waals surface area contributed by atoms with E-state index in [-0.39, 0.29) is 15.5 Å². The Labute approximate surface area is 169 Å². The average Bonchev–Trinajstić information content (AvgIpc) is 2.93. The van der Waals surface area contributed by atoms with Crippen LogP contribution in [0.1, 0.15) is 41.6 Å². The van der Waals surface area contributed by atoms with E-state index in [0.717, 1.165) is 37.8 Å². The number of anilines is 1. The normalized spacial score (nSPS) is 15.8. The highest BCUT2D eigenvalue weighted by atomic mass is 35.5. The number of nitrogens with one attached hydrogen (secondary N) is 1. The lowest BCUT2D eigenvalue weighted by Gasteiger charge is -2.21. The summed E-state index contributed by atoms with van der Waals surface area (Å²) in [6, 6.07) is 8.24. The lowest BCUT2D eigenvalue weighted by atomic mass is 10.2. The zero-order valence-corrected chi connectivity index (χ0v) is 17.1. The van der Waals surface area contributed by atoms with Crippen LogP contribution in [0.15, 0.2) is 41.3 Å². The van der Waals surface area contributed by atoms with E-state index in [4.69, 9.17) is 11.6 Å². The Balaban J connectivity index is 1.87. The van der Waals surface area contributed by atoms with E-state index >= 15 is 0 Å². The molecule has 150 valence electrons. The molecular weight excluding hydrogens is 403 g/mol. The van der Waals surface area contributed by atoms with E-state index in [1.165, 1.54) is 16.4 Å². The van der Waals surface area contributed by atoms with Crippen molar-refractivity contribution in [3.8, 4) is 0 Å². The monoisotopic (exact) mass is 424 g/mol. The van der Waals surface area contributed by atoms with Gasteiger partial charge in [0.15, 0.2) is 0 Å². The summed E-state index contributed by atoms with van der Waals surface area (Å²) < 4.78 is 40.9. The van der Waals surface area contributed by atoms with E-state index in [1.807, 2.05) is 0 Å². The van der Waals surface area contributed by atoms with Crippen LogP contribution in [0.3, 0.4) is 0 Å². The molecule has 0 spiro atoms. The van der Waals surface area contributed by atoms with Crippen molar-refractivity contribution in [3.63, 3.8) is 0 Å². The van der Waals surface area contributed by atoms with E-state index in [9.17, 15) is 17.6 Å². The summed E-state index contributed by atoms with van der Waals surface area (Å²) in [6.07, 6.45) is 3.74. The van der Waals surface area contributed by atoms with Gasteiger partial charge in [-0.3, -0.25) is 4.79 Å². The number of nitrogens with zero attached hydrogens (tertiary/aromatic N) is 1. The molecule has 0 radical (unpaired) electrons. The molecule has 2 aromatic carbocycles. The number of rotatable bonds is 4. The molecule has 0 unspecified atom stereocenters. The molecule has 0 aromatic heterocycles. The predicted molar refractivity (Wildman–Crippen MR) is 108 cm³/mol. The molecule has 1 aliphatic heterocycles. The number of amides is 1. The molecular formula is C20H22ClFN2O3S. The second-order valence-electron chi connectivity index (χ2n) is 6.88. The van der Waals surface area contributed by atoms with Crippen LogP contribution in [-0.2, 0) is 10.0 Å². The molecule has 0 bridgehead atoms. The molecule has 0 saturated carbocycles. The topological polar surface area (TPSA) is 66.5 Å². The minimum Gasteiger partial charge on any atom is -0.322 e. The number of carbonyl (C=O) groups excluding carboxylic acids is 1. The maximum Gasteiger partial charge on any atom is 0.257 e. The molecule has 1 amide bonds. The summed E-state index contributed by atoms with van der Waals surface area (Å²) in [7, 11) is -3.65. The molecule has 1 N–H and O–H groups in total. The Bertz CT molecular complexity index is 987. The van der Waals surface area contributed by atoms with Gasteiger partial charge in [0.2, 0.25) is 10.0 Å². The van der Waals surface area contributed by atoms with Crippen LogP contribution < -0.4 is 5.32 Å². The van der Waals surface area contributed by atoms with Crippen LogP contribution in [0.4, 0.5) is 10.1 Å². The zero-order valence-electron chi connectivity index (χ0n) is 15.5. The molecule has 3 rings (SSSR count). The largest absolute Gasteiger partial charge is 0.322 e. The van der Waals surface area contributed by atoms with Crippen molar-refractivity contribution in [1.82, 2.24) is 4.31 Å². The third-order valence-electron chi connectivity index (χ3n) is 4.80. The third-order valence-corrected chi connectivity index (χ3v) is 7.16. The van der Waals surface area contributed by atoms with E-state index in [1.54, 1.807) is 19.1 Å². The number of benzene rings is 2. The van der Waals surface area contributed by atoms with Crippen LogP contribution >= 0.6 is 11.6 Å². The van der Waals surface area contributed by atoms with Gasteiger partial charge in [-0.1, -0.05) is 30.5 Å². The van der Waals surface area contributed by atoms with Crippen LogP contribution in [0.25, 0.3) is 0 Å². The van der Waals surface area contributed by atoms with Crippen LogP contribution in [0.2, 0.25) is 5.02 Å². The van der Waals surface area contributed by atoms with Crippen molar-refractivity contribution in [2.24, 2.45) is 0 Å². The van der Waals surface area contributed by atoms with Crippen molar-refractivity contribution in [2.45, 2.75) is 37.5 Å². The molecule has 1 aliphatic rings. The molecule has 1 fully saturated rings. The minimum absolute atomic E-state index is 0.0120. The first-order valence-electron chi connectivity index (χ1n) is 9.16. The summed E-state index contributed by atoms with van der Waals surface area (Å²) in [6.45, 7) is 2.74. The summed E-state index contributed by atoms with van der Waals surface area (Å²) in [5.41, 5.74) is 1.06. The average molecular weight is 425 g/mol. The predicted octanol–water partition coefficient (Wildman–Crippen LogP) is 4.60. The number of hydrogen-bond acceptors (Lipinski definition) is 3. The fourth-order valence-electron chi connectivity index (χ4n) is 3.25. The van der Waals surface area contributed by atoms with E-state index in [0.29, 0.717) is 24.3 Å². The van der Waals surface area contributed by atoms with Crippen molar-refractivity contribution < 1.29 is 17.6 Å². The van der Waals surface area contributed by atoms with Gasteiger partial charge in [-0.2, -0.15) is 4.31 Å². The number of hydrogen-bond donors (Lipinski definition) is 1. The first-order valence-corrected chi connectivity index (χ1v) is 11.0. The smallest absolute Gasteiger partial charge is 0.257 e. The Morgan fingerprint density at radius 1 is 1.07 bits per heavy atom. The molecule has 5 nitrogen and oxygen atoms in total. The maximum absolute atomic E-state index is 13.2. The second kappa shape index (κ2) is 8.59. The maximum atomic E-state index is 13.2. The first-order chi connectivity index (χ1) is 13.3. The second-order valence-corrected chi connectivity index (χ2v) is 9.19. The number of aryl methyl sites for hydroxylation is 1. The SMILES string of the molecule is Cc1ccc(NC(=O)c2ccc(F)cc2Cl)cc1S(=O)(=O)N1CCCCCC1. The molecule has 28 heavy (non-hydrogen) atoms. The zero-order chi connectivity index (χ0) is 20.3. The summed E-state index contributed by atoms with van der Waals surface area (Å²) in [5.74, 6) is -1.07. The number of carbonyl (C=O) groups is 1. The molecule has 1 saturated heterocycles. The lowest BCUT2D eigenvalue weighted by Crippen LogP contribution is -2.32. The molecule has 1 heterocycles. The van der Waals surface area contributed by atoms with Gasteiger partial charge in [-0.05, 0) is 55.7 Å². The van der Waals surface area contributed by atoms with Crippen LogP contribution in [0.5, 0.6) is 0 Å².